The Morgan fingerprint density at radius 2 is 1.74 bits per heavy atom. The number of ether oxygens (including phenoxy) is 3. The van der Waals surface area contributed by atoms with Crippen LogP contribution < -0.4 is 15.2 Å². The van der Waals surface area contributed by atoms with Crippen molar-refractivity contribution in [2.24, 2.45) is 11.7 Å². The van der Waals surface area contributed by atoms with Crippen molar-refractivity contribution in [2.75, 3.05) is 26.2 Å². The van der Waals surface area contributed by atoms with Crippen LogP contribution in [-0.4, -0.2) is 49.1 Å². The first kappa shape index (κ1) is 24.4. The number of benzene rings is 2. The normalized spacial score (nSPS) is 21.0. The first-order chi connectivity index (χ1) is 16.4. The van der Waals surface area contributed by atoms with E-state index in [1.807, 2.05) is 12.1 Å². The number of hydrogen-bond acceptors (Lipinski definition) is 7. The summed E-state index contributed by atoms with van der Waals surface area (Å²) in [5.74, 6) is 0.0367. The maximum Gasteiger partial charge on any atom is 0.308 e. The number of hydrogen-bond donors (Lipinski definition) is 1. The lowest BCUT2D eigenvalue weighted by molar-refractivity contribution is -0.134. The topological polar surface area (TPSA) is 91.1 Å². The molecule has 0 amide bonds. The number of rotatable bonds is 7. The van der Waals surface area contributed by atoms with Crippen LogP contribution in [0.25, 0.3) is 0 Å². The van der Waals surface area contributed by atoms with Gasteiger partial charge in [0.1, 0.15) is 0 Å². The van der Waals surface area contributed by atoms with Gasteiger partial charge in [-0.3, -0.25) is 9.59 Å². The molecule has 0 bridgehead atoms. The van der Waals surface area contributed by atoms with E-state index in [9.17, 15) is 9.59 Å². The Morgan fingerprint density at radius 3 is 2.38 bits per heavy atom. The summed E-state index contributed by atoms with van der Waals surface area (Å²) in [6, 6.07) is 14.1. The van der Waals surface area contributed by atoms with Gasteiger partial charge in [0, 0.05) is 38.9 Å². The van der Waals surface area contributed by atoms with Gasteiger partial charge < -0.3 is 24.8 Å². The Hall–Kier alpha value is -2.74. The van der Waals surface area contributed by atoms with Crippen molar-refractivity contribution in [1.29, 1.82) is 0 Å². The number of fused-ring (bicyclic) bond motifs is 1. The number of carbonyl (C=O) groups is 2. The second-order valence-corrected chi connectivity index (χ2v) is 9.17. The predicted octanol–water partition coefficient (Wildman–Crippen LogP) is 3.43. The van der Waals surface area contributed by atoms with E-state index in [1.54, 1.807) is 6.07 Å². The zero-order chi connectivity index (χ0) is 24.1. The Labute approximate surface area is 201 Å². The van der Waals surface area contributed by atoms with E-state index in [0.29, 0.717) is 24.6 Å². The summed E-state index contributed by atoms with van der Waals surface area (Å²) in [7, 11) is 0. The fourth-order valence-corrected chi connectivity index (χ4v) is 5.10. The SMILES string of the molecule is CC(=O)Oc1ccc2c(c1OC(C)=O)C[C@@H](C1CCN(CCc3ccccc3)CC1)O[C@H]2CN. The van der Waals surface area contributed by atoms with Crippen molar-refractivity contribution in [3.05, 3.63) is 59.2 Å². The van der Waals surface area contributed by atoms with Gasteiger partial charge in [0.2, 0.25) is 0 Å². The molecule has 1 saturated heterocycles. The summed E-state index contributed by atoms with van der Waals surface area (Å²) in [6.07, 6.45) is 3.42. The van der Waals surface area contributed by atoms with Gasteiger partial charge in [-0.05, 0) is 55.5 Å². The van der Waals surface area contributed by atoms with Crippen LogP contribution in [-0.2, 0) is 27.2 Å². The second kappa shape index (κ2) is 11.1. The van der Waals surface area contributed by atoms with E-state index in [1.165, 1.54) is 19.4 Å². The summed E-state index contributed by atoms with van der Waals surface area (Å²) >= 11 is 0. The number of likely N-dealkylation sites (tertiary alicyclic amines) is 1. The van der Waals surface area contributed by atoms with Crippen LogP contribution in [0.1, 0.15) is 49.5 Å². The van der Waals surface area contributed by atoms with E-state index in [-0.39, 0.29) is 18.0 Å². The van der Waals surface area contributed by atoms with Crippen molar-refractivity contribution >= 4 is 11.9 Å². The monoisotopic (exact) mass is 466 g/mol. The van der Waals surface area contributed by atoms with Gasteiger partial charge in [-0.15, -0.1) is 0 Å². The van der Waals surface area contributed by atoms with Gasteiger partial charge in [-0.1, -0.05) is 36.4 Å². The average Bonchev–Trinajstić information content (AvgIpc) is 2.84. The Morgan fingerprint density at radius 1 is 1.03 bits per heavy atom. The Balaban J connectivity index is 1.46. The lowest BCUT2D eigenvalue weighted by Gasteiger charge is -2.40. The van der Waals surface area contributed by atoms with E-state index < -0.39 is 11.9 Å². The quantitative estimate of drug-likeness (QED) is 0.494. The molecular formula is C27H34N2O5. The van der Waals surface area contributed by atoms with Crippen LogP contribution >= 0.6 is 0 Å². The molecule has 2 atom stereocenters. The van der Waals surface area contributed by atoms with Gasteiger partial charge in [0.05, 0.1) is 12.2 Å². The molecule has 1 fully saturated rings. The predicted molar refractivity (Wildman–Crippen MR) is 129 cm³/mol. The minimum absolute atomic E-state index is 0.0285. The first-order valence-electron chi connectivity index (χ1n) is 12.1. The van der Waals surface area contributed by atoms with E-state index in [0.717, 1.165) is 50.0 Å². The summed E-state index contributed by atoms with van der Waals surface area (Å²) in [5, 5.41) is 0. The van der Waals surface area contributed by atoms with Crippen molar-refractivity contribution in [1.82, 2.24) is 4.90 Å². The van der Waals surface area contributed by atoms with Gasteiger partial charge in [-0.2, -0.15) is 0 Å². The number of esters is 2. The smallest absolute Gasteiger partial charge is 0.308 e. The molecule has 2 N–H and O–H groups in total. The van der Waals surface area contributed by atoms with Crippen molar-refractivity contribution in [2.45, 2.75) is 51.7 Å². The summed E-state index contributed by atoms with van der Waals surface area (Å²) < 4.78 is 17.3. The second-order valence-electron chi connectivity index (χ2n) is 9.17. The van der Waals surface area contributed by atoms with Gasteiger partial charge in [-0.25, -0.2) is 0 Å². The molecular weight excluding hydrogens is 432 g/mol. The Bertz CT molecular complexity index is 1000. The molecule has 0 radical (unpaired) electrons. The summed E-state index contributed by atoms with van der Waals surface area (Å²) in [6.45, 7) is 6.12. The number of carbonyl (C=O) groups excluding carboxylic acids is 2. The van der Waals surface area contributed by atoms with Crippen LogP contribution in [0.15, 0.2) is 42.5 Å². The molecule has 4 rings (SSSR count). The van der Waals surface area contributed by atoms with Gasteiger partial charge in [0.15, 0.2) is 11.5 Å². The maximum absolute atomic E-state index is 11.8. The van der Waals surface area contributed by atoms with Crippen LogP contribution in [0.2, 0.25) is 0 Å². The highest BCUT2D eigenvalue weighted by atomic mass is 16.6. The molecule has 34 heavy (non-hydrogen) atoms. The van der Waals surface area contributed by atoms with E-state index >= 15 is 0 Å². The fourth-order valence-electron chi connectivity index (χ4n) is 5.10. The molecule has 0 saturated carbocycles. The van der Waals surface area contributed by atoms with Crippen LogP contribution in [0.3, 0.4) is 0 Å². The largest absolute Gasteiger partial charge is 0.423 e. The zero-order valence-electron chi connectivity index (χ0n) is 20.0. The molecule has 2 aliphatic rings. The van der Waals surface area contributed by atoms with Crippen LogP contribution in [0, 0.1) is 5.92 Å². The Kier molecular flexibility index (Phi) is 7.98. The van der Waals surface area contributed by atoms with Crippen LogP contribution in [0.5, 0.6) is 11.5 Å². The maximum atomic E-state index is 11.8. The molecule has 2 aromatic rings. The summed E-state index contributed by atoms with van der Waals surface area (Å²) in [4.78, 5) is 26.0. The van der Waals surface area contributed by atoms with Crippen molar-refractivity contribution in [3.8, 4) is 11.5 Å². The van der Waals surface area contributed by atoms with Gasteiger partial charge >= 0.3 is 11.9 Å². The zero-order valence-corrected chi connectivity index (χ0v) is 20.0. The molecule has 0 spiro atoms. The molecule has 7 heteroatoms. The molecule has 2 aromatic carbocycles. The summed E-state index contributed by atoms with van der Waals surface area (Å²) in [5.41, 5.74) is 9.18. The van der Waals surface area contributed by atoms with Crippen LogP contribution in [0.4, 0.5) is 0 Å². The third kappa shape index (κ3) is 5.84. The van der Waals surface area contributed by atoms with Gasteiger partial charge in [0.25, 0.3) is 0 Å². The molecule has 2 heterocycles. The highest BCUT2D eigenvalue weighted by molar-refractivity contribution is 5.75. The third-order valence-electron chi connectivity index (χ3n) is 6.78. The third-order valence-corrected chi connectivity index (χ3v) is 6.78. The fraction of sp³-hybridized carbons (Fsp3) is 0.481. The molecule has 0 aromatic heterocycles. The van der Waals surface area contributed by atoms with E-state index in [4.69, 9.17) is 19.9 Å². The highest BCUT2D eigenvalue weighted by Crippen LogP contribution is 2.43. The minimum Gasteiger partial charge on any atom is -0.423 e. The molecule has 0 aliphatic carbocycles. The van der Waals surface area contributed by atoms with Crippen molar-refractivity contribution < 1.29 is 23.8 Å². The molecule has 7 nitrogen and oxygen atoms in total. The number of nitrogens with two attached hydrogens (primary N) is 1. The lowest BCUT2D eigenvalue weighted by atomic mass is 9.83. The van der Waals surface area contributed by atoms with E-state index in [2.05, 4.69) is 29.2 Å². The number of piperidine rings is 1. The molecule has 0 unspecified atom stereocenters. The lowest BCUT2D eigenvalue weighted by Crippen LogP contribution is -2.42. The first-order valence-corrected chi connectivity index (χ1v) is 12.1. The van der Waals surface area contributed by atoms with Crippen molar-refractivity contribution in [3.63, 3.8) is 0 Å². The molecule has 2 aliphatic heterocycles. The highest BCUT2D eigenvalue weighted by Gasteiger charge is 2.36. The standard InChI is InChI=1S/C27H34N2O5/c1-18(30)32-24-9-8-22-23(27(24)33-19(2)31)16-25(34-26(22)17-28)21-11-14-29(15-12-21)13-10-20-6-4-3-5-7-20/h3-9,21,25-26H,10-17,28H2,1-2H3/t25-,26-/m0/s1. The number of nitrogens with zero attached hydrogens (tertiary/aromatic N) is 1. The molecule has 182 valence electrons. The average molecular weight is 467 g/mol. The minimum atomic E-state index is -0.463.